The van der Waals surface area contributed by atoms with E-state index in [1.807, 2.05) is 30.3 Å². The number of para-hydroxylation sites is 1. The molecular weight excluding hydrogens is 384 g/mol. The minimum atomic E-state index is -0.392. The Labute approximate surface area is 171 Å². The predicted molar refractivity (Wildman–Crippen MR) is 112 cm³/mol. The second-order valence-electron chi connectivity index (χ2n) is 6.65. The second-order valence-corrected chi connectivity index (χ2v) is 6.65. The highest BCUT2D eigenvalue weighted by Gasteiger charge is 2.18. The van der Waals surface area contributed by atoms with E-state index in [2.05, 4.69) is 20.2 Å². The van der Waals surface area contributed by atoms with Crippen molar-refractivity contribution in [1.82, 2.24) is 24.4 Å². The summed E-state index contributed by atoms with van der Waals surface area (Å²) in [6.45, 7) is 5.64. The van der Waals surface area contributed by atoms with E-state index >= 15 is 0 Å². The average Bonchev–Trinajstić information content (AvgIpc) is 3.29. The van der Waals surface area contributed by atoms with Crippen molar-refractivity contribution in [2.24, 2.45) is 5.10 Å². The Hall–Kier alpha value is -4.01. The smallest absolute Gasteiger partial charge is 0.340 e. The van der Waals surface area contributed by atoms with E-state index in [-0.39, 0.29) is 5.56 Å². The maximum Gasteiger partial charge on any atom is 0.340 e. The number of ether oxygens (including phenoxy) is 1. The molecule has 0 fully saturated rings. The molecule has 0 saturated carbocycles. The Kier molecular flexibility index (Phi) is 5.01. The fourth-order valence-electron chi connectivity index (χ4n) is 3.28. The van der Waals surface area contributed by atoms with Crippen molar-refractivity contribution >= 4 is 23.2 Å². The normalized spacial score (nSPS) is 11.4. The molecule has 0 radical (unpaired) electrons. The molecule has 0 spiro atoms. The highest BCUT2D eigenvalue weighted by atomic mass is 16.5. The van der Waals surface area contributed by atoms with Gasteiger partial charge in [0, 0.05) is 5.69 Å². The molecule has 0 amide bonds. The number of fused-ring (bicyclic) bond motifs is 1. The molecule has 3 heterocycles. The zero-order valence-corrected chi connectivity index (χ0v) is 16.8. The van der Waals surface area contributed by atoms with Gasteiger partial charge in [-0.05, 0) is 38.5 Å². The Morgan fingerprint density at radius 2 is 2.03 bits per heavy atom. The summed E-state index contributed by atoms with van der Waals surface area (Å²) < 4.78 is 7.84. The summed E-state index contributed by atoms with van der Waals surface area (Å²) in [7, 11) is 0. The van der Waals surface area contributed by atoms with Gasteiger partial charge in [0.1, 0.15) is 11.7 Å². The van der Waals surface area contributed by atoms with Gasteiger partial charge in [-0.15, -0.1) is 0 Å². The van der Waals surface area contributed by atoms with Crippen LogP contribution < -0.4 is 5.56 Å². The number of aryl methyl sites for hydroxylation is 1. The van der Waals surface area contributed by atoms with Gasteiger partial charge >= 0.3 is 5.97 Å². The van der Waals surface area contributed by atoms with Crippen LogP contribution in [0.5, 0.6) is 0 Å². The molecule has 0 saturated heterocycles. The Balaban J connectivity index is 1.69. The molecule has 1 aromatic carbocycles. The van der Waals surface area contributed by atoms with E-state index in [9.17, 15) is 9.59 Å². The highest BCUT2D eigenvalue weighted by Crippen LogP contribution is 2.18. The van der Waals surface area contributed by atoms with Crippen LogP contribution in [0.15, 0.2) is 52.8 Å². The summed E-state index contributed by atoms with van der Waals surface area (Å²) >= 11 is 0. The fourth-order valence-corrected chi connectivity index (χ4v) is 3.28. The largest absolute Gasteiger partial charge is 0.462 e. The first-order valence-corrected chi connectivity index (χ1v) is 9.42. The molecular formula is C21H20N6O3. The molecule has 0 aliphatic heterocycles. The summed E-state index contributed by atoms with van der Waals surface area (Å²) in [6, 6.07) is 9.45. The van der Waals surface area contributed by atoms with Crippen molar-refractivity contribution in [3.8, 4) is 5.69 Å². The number of rotatable bonds is 5. The number of aromatic amines is 1. The first-order chi connectivity index (χ1) is 14.5. The number of H-pyrrole nitrogens is 1. The van der Waals surface area contributed by atoms with Gasteiger partial charge in [-0.3, -0.25) is 4.79 Å². The van der Waals surface area contributed by atoms with Crippen molar-refractivity contribution in [1.29, 1.82) is 0 Å². The van der Waals surface area contributed by atoms with Crippen molar-refractivity contribution in [2.75, 3.05) is 6.61 Å². The Bertz CT molecular complexity index is 1310. The van der Waals surface area contributed by atoms with Crippen LogP contribution in [0.4, 0.5) is 0 Å². The quantitative estimate of drug-likeness (QED) is 0.406. The summed E-state index contributed by atoms with van der Waals surface area (Å²) in [5.41, 5.74) is 3.39. The predicted octanol–water partition coefficient (Wildman–Crippen LogP) is 2.59. The third kappa shape index (κ3) is 3.30. The number of benzene rings is 1. The monoisotopic (exact) mass is 404 g/mol. The van der Waals surface area contributed by atoms with Crippen LogP contribution in [0.25, 0.3) is 16.7 Å². The molecule has 0 bridgehead atoms. The third-order valence-electron chi connectivity index (χ3n) is 4.74. The second kappa shape index (κ2) is 7.78. The zero-order valence-electron chi connectivity index (χ0n) is 16.8. The van der Waals surface area contributed by atoms with Gasteiger partial charge < -0.3 is 9.72 Å². The molecule has 4 rings (SSSR count). The van der Waals surface area contributed by atoms with Gasteiger partial charge in [0.15, 0.2) is 5.65 Å². The number of hydrogen-bond acceptors (Lipinski definition) is 6. The molecule has 4 aromatic rings. The van der Waals surface area contributed by atoms with E-state index in [1.54, 1.807) is 25.5 Å². The van der Waals surface area contributed by atoms with Crippen molar-refractivity contribution in [2.45, 2.75) is 20.8 Å². The van der Waals surface area contributed by atoms with Crippen molar-refractivity contribution in [3.05, 3.63) is 75.7 Å². The summed E-state index contributed by atoms with van der Waals surface area (Å²) in [4.78, 5) is 32.4. The van der Waals surface area contributed by atoms with Gasteiger partial charge in [0.05, 0.1) is 36.0 Å². The van der Waals surface area contributed by atoms with Crippen LogP contribution in [0.3, 0.4) is 0 Å². The first kappa shape index (κ1) is 19.3. The molecule has 0 unspecified atom stereocenters. The lowest BCUT2D eigenvalue weighted by atomic mass is 10.1. The van der Waals surface area contributed by atoms with Crippen LogP contribution >= 0.6 is 0 Å². The molecule has 0 atom stereocenters. The van der Waals surface area contributed by atoms with Crippen LogP contribution in [0.1, 0.15) is 34.2 Å². The van der Waals surface area contributed by atoms with E-state index in [0.29, 0.717) is 40.2 Å². The average molecular weight is 404 g/mol. The van der Waals surface area contributed by atoms with E-state index in [1.165, 1.54) is 18.7 Å². The van der Waals surface area contributed by atoms with Crippen LogP contribution in [-0.2, 0) is 4.74 Å². The minimum Gasteiger partial charge on any atom is -0.462 e. The number of nitrogens with one attached hydrogen (secondary N) is 1. The number of nitrogens with zero attached hydrogens (tertiary/aromatic N) is 5. The lowest BCUT2D eigenvalue weighted by molar-refractivity contribution is 0.0525. The van der Waals surface area contributed by atoms with Gasteiger partial charge in [-0.1, -0.05) is 18.2 Å². The third-order valence-corrected chi connectivity index (χ3v) is 4.74. The Morgan fingerprint density at radius 1 is 1.27 bits per heavy atom. The topological polar surface area (TPSA) is 107 Å². The van der Waals surface area contributed by atoms with Gasteiger partial charge in [-0.2, -0.15) is 14.9 Å². The number of carbonyl (C=O) groups is 1. The lowest BCUT2D eigenvalue weighted by Crippen LogP contribution is -2.17. The standard InChI is InChI=1S/C21H20N6O3/c1-4-30-21(29)18-13(2)17(25-14(18)3)11-23-26-12-22-19-16(20(26)28)10-24-27(19)15-8-6-5-7-9-15/h5-12,25H,4H2,1-3H3/b23-11+. The number of esters is 1. The summed E-state index contributed by atoms with van der Waals surface area (Å²) in [5, 5.41) is 8.86. The Morgan fingerprint density at radius 3 is 2.77 bits per heavy atom. The van der Waals surface area contributed by atoms with E-state index in [4.69, 9.17) is 4.74 Å². The highest BCUT2D eigenvalue weighted by molar-refractivity contribution is 5.96. The van der Waals surface area contributed by atoms with Gasteiger partial charge in [0.25, 0.3) is 5.56 Å². The lowest BCUT2D eigenvalue weighted by Gasteiger charge is -2.03. The number of carbonyl (C=O) groups excluding carboxylic acids is 1. The molecule has 0 aliphatic carbocycles. The first-order valence-electron chi connectivity index (χ1n) is 9.42. The maximum absolute atomic E-state index is 12.8. The molecule has 0 aliphatic rings. The SMILES string of the molecule is CCOC(=O)c1c(C)[nH]c(/C=N/n2cnc3c(cnn3-c3ccccc3)c2=O)c1C. The molecule has 3 aromatic heterocycles. The molecule has 9 heteroatoms. The molecule has 9 nitrogen and oxygen atoms in total. The van der Waals surface area contributed by atoms with Crippen LogP contribution in [-0.4, -0.2) is 43.2 Å². The number of aromatic nitrogens is 5. The van der Waals surface area contributed by atoms with Crippen LogP contribution in [0.2, 0.25) is 0 Å². The summed E-state index contributed by atoms with van der Waals surface area (Å²) in [6.07, 6.45) is 4.31. The fraction of sp³-hybridized carbons (Fsp3) is 0.190. The van der Waals surface area contributed by atoms with Crippen molar-refractivity contribution in [3.63, 3.8) is 0 Å². The van der Waals surface area contributed by atoms with Gasteiger partial charge in [-0.25, -0.2) is 14.5 Å². The van der Waals surface area contributed by atoms with Crippen molar-refractivity contribution < 1.29 is 9.53 Å². The number of hydrogen-bond donors (Lipinski definition) is 1. The summed E-state index contributed by atoms with van der Waals surface area (Å²) in [5.74, 6) is -0.392. The van der Waals surface area contributed by atoms with Crippen LogP contribution in [0, 0.1) is 13.8 Å². The zero-order chi connectivity index (χ0) is 21.3. The molecule has 152 valence electrons. The van der Waals surface area contributed by atoms with Gasteiger partial charge in [0.2, 0.25) is 0 Å². The minimum absolute atomic E-state index is 0.296. The maximum atomic E-state index is 12.8. The molecule has 1 N–H and O–H groups in total. The van der Waals surface area contributed by atoms with E-state index in [0.717, 1.165) is 10.4 Å². The van der Waals surface area contributed by atoms with E-state index < -0.39 is 5.97 Å². The molecule has 30 heavy (non-hydrogen) atoms.